The number of rotatable bonds is 2. The van der Waals surface area contributed by atoms with Crippen LogP contribution in [0.4, 0.5) is 0 Å². The van der Waals surface area contributed by atoms with Gasteiger partial charge >= 0.3 is 0 Å². The van der Waals surface area contributed by atoms with Crippen molar-refractivity contribution in [1.82, 2.24) is 14.9 Å². The third kappa shape index (κ3) is 1.55. The molecule has 1 aromatic heterocycles. The van der Waals surface area contributed by atoms with E-state index in [9.17, 15) is 4.79 Å². The van der Waals surface area contributed by atoms with Gasteiger partial charge in [-0.1, -0.05) is 0 Å². The van der Waals surface area contributed by atoms with Crippen LogP contribution in [0.1, 0.15) is 18.2 Å². The molecular weight excluding hydrogens is 168 g/mol. The second kappa shape index (κ2) is 3.18. The maximum Gasteiger partial charge on any atom is 0.219 e. The molecule has 5 nitrogen and oxygen atoms in total. The molecule has 13 heavy (non-hydrogen) atoms. The van der Waals surface area contributed by atoms with Crippen LogP contribution in [0.2, 0.25) is 0 Å². The van der Waals surface area contributed by atoms with Gasteiger partial charge in [0.15, 0.2) is 0 Å². The highest BCUT2D eigenvalue weighted by atomic mass is 16.1. The Hall–Kier alpha value is -1.36. The van der Waals surface area contributed by atoms with Gasteiger partial charge in [0, 0.05) is 25.7 Å². The number of fused-ring (bicyclic) bond motifs is 1. The normalized spacial score (nSPS) is 21.1. The molecule has 0 spiro atoms. The van der Waals surface area contributed by atoms with Crippen molar-refractivity contribution in [2.24, 2.45) is 5.73 Å². The minimum atomic E-state index is -0.270. The van der Waals surface area contributed by atoms with E-state index in [0.29, 0.717) is 6.42 Å². The summed E-state index contributed by atoms with van der Waals surface area (Å²) in [5.74, 6) is -0.270. The second-order valence-corrected chi connectivity index (χ2v) is 3.25. The minimum absolute atomic E-state index is 0.128. The Morgan fingerprint density at radius 3 is 3.46 bits per heavy atom. The molecule has 0 aromatic carbocycles. The number of nitrogens with two attached hydrogens (primary N) is 1. The summed E-state index contributed by atoms with van der Waals surface area (Å²) < 4.78 is 2.02. The smallest absolute Gasteiger partial charge is 0.219 e. The number of nitrogens with one attached hydrogen (secondary N) is 1. The summed E-state index contributed by atoms with van der Waals surface area (Å²) in [6.45, 7) is 1.60. The second-order valence-electron chi connectivity index (χ2n) is 3.25. The number of imidazole rings is 1. The average molecular weight is 180 g/mol. The predicted octanol–water partition coefficient (Wildman–Crippen LogP) is -0.597. The summed E-state index contributed by atoms with van der Waals surface area (Å²) in [6, 6.07) is 0.128. The number of carbonyl (C=O) groups excluding carboxylic acids is 1. The molecule has 2 heterocycles. The number of primary amides is 1. The lowest BCUT2D eigenvalue weighted by Gasteiger charge is -2.25. The van der Waals surface area contributed by atoms with E-state index in [-0.39, 0.29) is 11.9 Å². The van der Waals surface area contributed by atoms with Gasteiger partial charge in [-0.3, -0.25) is 4.79 Å². The first-order valence-corrected chi connectivity index (χ1v) is 4.27. The largest absolute Gasteiger partial charge is 0.370 e. The van der Waals surface area contributed by atoms with Gasteiger partial charge < -0.3 is 15.6 Å². The van der Waals surface area contributed by atoms with E-state index in [4.69, 9.17) is 5.73 Å². The number of aromatic nitrogens is 2. The highest BCUT2D eigenvalue weighted by Crippen LogP contribution is 2.17. The summed E-state index contributed by atoms with van der Waals surface area (Å²) in [7, 11) is 0. The van der Waals surface area contributed by atoms with Gasteiger partial charge in [0.25, 0.3) is 0 Å². The van der Waals surface area contributed by atoms with Crippen LogP contribution >= 0.6 is 0 Å². The van der Waals surface area contributed by atoms with Crippen molar-refractivity contribution in [2.75, 3.05) is 6.54 Å². The Kier molecular flexibility index (Phi) is 2.02. The molecule has 70 valence electrons. The van der Waals surface area contributed by atoms with E-state index in [1.165, 1.54) is 0 Å². The van der Waals surface area contributed by atoms with Crippen LogP contribution in [0.25, 0.3) is 0 Å². The Morgan fingerprint density at radius 2 is 2.69 bits per heavy atom. The van der Waals surface area contributed by atoms with E-state index in [0.717, 1.165) is 18.8 Å². The summed E-state index contributed by atoms with van der Waals surface area (Å²) in [6.07, 6.45) is 3.93. The zero-order valence-corrected chi connectivity index (χ0v) is 7.23. The van der Waals surface area contributed by atoms with Crippen molar-refractivity contribution in [3.63, 3.8) is 0 Å². The van der Waals surface area contributed by atoms with Gasteiger partial charge in [0.05, 0.1) is 18.1 Å². The fourth-order valence-corrected chi connectivity index (χ4v) is 1.67. The van der Waals surface area contributed by atoms with E-state index >= 15 is 0 Å². The van der Waals surface area contributed by atoms with Gasteiger partial charge in [-0.2, -0.15) is 0 Å². The van der Waals surface area contributed by atoms with Crippen LogP contribution < -0.4 is 11.1 Å². The molecule has 3 N–H and O–H groups in total. The van der Waals surface area contributed by atoms with E-state index in [1.807, 2.05) is 4.57 Å². The van der Waals surface area contributed by atoms with E-state index in [2.05, 4.69) is 10.3 Å². The summed E-state index contributed by atoms with van der Waals surface area (Å²) in [5, 5.41) is 3.21. The summed E-state index contributed by atoms with van der Waals surface area (Å²) >= 11 is 0. The van der Waals surface area contributed by atoms with Crippen molar-refractivity contribution < 1.29 is 4.79 Å². The monoisotopic (exact) mass is 180 g/mol. The molecule has 1 amide bonds. The highest BCUT2D eigenvalue weighted by Gasteiger charge is 2.20. The molecule has 0 aliphatic carbocycles. The molecule has 0 saturated carbocycles. The Bertz CT molecular complexity index is 320. The van der Waals surface area contributed by atoms with Crippen LogP contribution in [0.5, 0.6) is 0 Å². The van der Waals surface area contributed by atoms with Gasteiger partial charge in [-0.25, -0.2) is 4.98 Å². The van der Waals surface area contributed by atoms with Gasteiger partial charge in [0.2, 0.25) is 5.91 Å². The zero-order valence-electron chi connectivity index (χ0n) is 7.23. The Balaban J connectivity index is 2.20. The summed E-state index contributed by atoms with van der Waals surface area (Å²) in [4.78, 5) is 14.8. The summed E-state index contributed by atoms with van der Waals surface area (Å²) in [5.41, 5.74) is 6.26. The lowest BCUT2D eigenvalue weighted by atomic mass is 10.1. The Morgan fingerprint density at radius 1 is 1.85 bits per heavy atom. The van der Waals surface area contributed by atoms with Crippen molar-refractivity contribution in [3.8, 4) is 0 Å². The first-order valence-electron chi connectivity index (χ1n) is 4.27. The van der Waals surface area contributed by atoms with E-state index < -0.39 is 0 Å². The molecule has 0 bridgehead atoms. The van der Waals surface area contributed by atoms with Crippen LogP contribution in [0, 0.1) is 0 Å². The maximum atomic E-state index is 10.8. The fourth-order valence-electron chi connectivity index (χ4n) is 1.67. The van der Waals surface area contributed by atoms with Crippen molar-refractivity contribution in [2.45, 2.75) is 19.0 Å². The molecule has 5 heteroatoms. The van der Waals surface area contributed by atoms with Crippen LogP contribution in [0.15, 0.2) is 12.5 Å². The molecule has 0 fully saturated rings. The van der Waals surface area contributed by atoms with Crippen molar-refractivity contribution >= 4 is 5.91 Å². The number of amides is 1. The molecule has 0 saturated heterocycles. The van der Waals surface area contributed by atoms with Gasteiger partial charge in [-0.05, 0) is 0 Å². The third-order valence-corrected chi connectivity index (χ3v) is 2.26. The number of nitrogens with zero attached hydrogens (tertiary/aromatic N) is 2. The first-order chi connectivity index (χ1) is 6.27. The first kappa shape index (κ1) is 8.25. The highest BCUT2D eigenvalue weighted by molar-refractivity contribution is 5.74. The predicted molar refractivity (Wildman–Crippen MR) is 46.8 cm³/mol. The maximum absolute atomic E-state index is 10.8. The molecule has 1 aliphatic heterocycles. The fraction of sp³-hybridized carbons (Fsp3) is 0.500. The van der Waals surface area contributed by atoms with Gasteiger partial charge in [-0.15, -0.1) is 0 Å². The minimum Gasteiger partial charge on any atom is -0.370 e. The SMILES string of the molecule is NC(=O)CC1CNCc2cncn21. The van der Waals surface area contributed by atoms with Gasteiger partial charge in [0.1, 0.15) is 0 Å². The molecular formula is C8H12N4O. The molecule has 2 rings (SSSR count). The molecule has 1 aromatic rings. The molecule has 1 aliphatic rings. The number of carbonyl (C=O) groups is 1. The lowest BCUT2D eigenvalue weighted by molar-refractivity contribution is -0.118. The topological polar surface area (TPSA) is 72.9 Å². The standard InChI is InChI=1S/C8H12N4O/c9-8(13)1-6-2-10-3-7-4-11-5-12(6)7/h4-6,10H,1-3H2,(H2,9,13). The van der Waals surface area contributed by atoms with Crippen molar-refractivity contribution in [1.29, 1.82) is 0 Å². The van der Waals surface area contributed by atoms with Crippen molar-refractivity contribution in [3.05, 3.63) is 18.2 Å². The average Bonchev–Trinajstić information content (AvgIpc) is 2.51. The van der Waals surface area contributed by atoms with Crippen LogP contribution in [-0.4, -0.2) is 22.0 Å². The van der Waals surface area contributed by atoms with Crippen LogP contribution in [0.3, 0.4) is 0 Å². The molecule has 1 atom stereocenters. The third-order valence-electron chi connectivity index (χ3n) is 2.26. The van der Waals surface area contributed by atoms with E-state index in [1.54, 1.807) is 12.5 Å². The molecule has 1 unspecified atom stereocenters. The number of hydrogen-bond acceptors (Lipinski definition) is 3. The lowest BCUT2D eigenvalue weighted by Crippen LogP contribution is -2.34. The number of hydrogen-bond donors (Lipinski definition) is 2. The molecule has 0 radical (unpaired) electrons. The Labute approximate surface area is 75.9 Å². The van der Waals surface area contributed by atoms with Crippen LogP contribution in [-0.2, 0) is 11.3 Å². The zero-order chi connectivity index (χ0) is 9.26. The quantitative estimate of drug-likeness (QED) is 0.638.